The van der Waals surface area contributed by atoms with Crippen molar-refractivity contribution >= 4 is 11.6 Å². The van der Waals surface area contributed by atoms with Crippen molar-refractivity contribution in [3.8, 4) is 5.88 Å². The van der Waals surface area contributed by atoms with Crippen LogP contribution >= 0.6 is 11.6 Å². The highest BCUT2D eigenvalue weighted by atomic mass is 35.5. The predicted octanol–water partition coefficient (Wildman–Crippen LogP) is 3.42. The molecule has 0 aliphatic heterocycles. The van der Waals surface area contributed by atoms with E-state index in [0.717, 1.165) is 35.7 Å². The van der Waals surface area contributed by atoms with Gasteiger partial charge in [-0.25, -0.2) is 9.97 Å². The summed E-state index contributed by atoms with van der Waals surface area (Å²) in [5.41, 5.74) is 2.10. The Labute approximate surface area is 130 Å². The Bertz CT molecular complexity index is 577. The predicted molar refractivity (Wildman–Crippen MR) is 84.8 cm³/mol. The third-order valence-electron chi connectivity index (χ3n) is 3.21. The van der Waals surface area contributed by atoms with Crippen LogP contribution < -0.4 is 10.1 Å². The number of nitrogens with zero attached hydrogens (tertiary/aromatic N) is 2. The lowest BCUT2D eigenvalue weighted by molar-refractivity contribution is 0.395. The summed E-state index contributed by atoms with van der Waals surface area (Å²) < 4.78 is 5.15. The lowest BCUT2D eigenvalue weighted by atomic mass is 10.0. The average Bonchev–Trinajstić information content (AvgIpc) is 2.51. The van der Waals surface area contributed by atoms with Crippen molar-refractivity contribution in [3.63, 3.8) is 0 Å². The summed E-state index contributed by atoms with van der Waals surface area (Å²) in [7, 11) is 1.61. The zero-order valence-corrected chi connectivity index (χ0v) is 13.1. The molecular formula is C16H20ClN3O. The maximum absolute atomic E-state index is 6.10. The molecule has 5 heteroatoms. The third-order valence-corrected chi connectivity index (χ3v) is 3.45. The summed E-state index contributed by atoms with van der Waals surface area (Å²) in [6, 6.07) is 9.97. The first-order chi connectivity index (χ1) is 10.2. The average molecular weight is 306 g/mol. The second kappa shape index (κ2) is 7.96. The largest absolute Gasteiger partial charge is 0.481 e. The molecule has 1 aromatic carbocycles. The van der Waals surface area contributed by atoms with Gasteiger partial charge < -0.3 is 10.1 Å². The van der Waals surface area contributed by atoms with E-state index in [1.807, 2.05) is 24.3 Å². The SMILES string of the molecule is CCCNC(Cc1cc(OC)ncn1)c1cccc(Cl)c1. The van der Waals surface area contributed by atoms with Gasteiger partial charge in [0.05, 0.1) is 7.11 Å². The lowest BCUT2D eigenvalue weighted by Gasteiger charge is -2.19. The molecule has 2 aromatic rings. The monoisotopic (exact) mass is 305 g/mol. The molecule has 0 radical (unpaired) electrons. The van der Waals surface area contributed by atoms with E-state index in [9.17, 15) is 0 Å². The Morgan fingerprint density at radius 2 is 2.14 bits per heavy atom. The van der Waals surface area contributed by atoms with Gasteiger partial charge in [-0.2, -0.15) is 0 Å². The molecule has 1 aromatic heterocycles. The van der Waals surface area contributed by atoms with Crippen molar-refractivity contribution in [2.24, 2.45) is 0 Å². The number of nitrogens with one attached hydrogen (secondary N) is 1. The van der Waals surface area contributed by atoms with Gasteiger partial charge in [0, 0.05) is 29.2 Å². The Kier molecular flexibility index (Phi) is 5.96. The van der Waals surface area contributed by atoms with Crippen LogP contribution in [0.15, 0.2) is 36.7 Å². The number of methoxy groups -OCH3 is 1. The molecule has 1 atom stereocenters. The number of hydrogen-bond acceptors (Lipinski definition) is 4. The topological polar surface area (TPSA) is 47.0 Å². The molecule has 4 nitrogen and oxygen atoms in total. The zero-order valence-electron chi connectivity index (χ0n) is 12.3. The van der Waals surface area contributed by atoms with Gasteiger partial charge in [-0.05, 0) is 30.7 Å². The van der Waals surface area contributed by atoms with E-state index in [1.165, 1.54) is 6.33 Å². The number of rotatable bonds is 7. The fourth-order valence-electron chi connectivity index (χ4n) is 2.16. The first kappa shape index (κ1) is 15.7. The summed E-state index contributed by atoms with van der Waals surface area (Å²) in [6.07, 6.45) is 3.37. The molecule has 0 amide bonds. The molecule has 0 spiro atoms. The molecule has 2 rings (SSSR count). The first-order valence-corrected chi connectivity index (χ1v) is 7.44. The van der Waals surface area contributed by atoms with Gasteiger partial charge >= 0.3 is 0 Å². The number of benzene rings is 1. The van der Waals surface area contributed by atoms with Crippen molar-refractivity contribution in [3.05, 3.63) is 52.9 Å². The van der Waals surface area contributed by atoms with E-state index < -0.39 is 0 Å². The van der Waals surface area contributed by atoms with E-state index in [1.54, 1.807) is 7.11 Å². The van der Waals surface area contributed by atoms with Crippen molar-refractivity contribution in [1.29, 1.82) is 0 Å². The zero-order chi connectivity index (χ0) is 15.1. The number of hydrogen-bond donors (Lipinski definition) is 1. The summed E-state index contributed by atoms with van der Waals surface area (Å²) in [4.78, 5) is 8.36. The maximum atomic E-state index is 6.10. The van der Waals surface area contributed by atoms with Gasteiger partial charge in [0.2, 0.25) is 5.88 Å². The van der Waals surface area contributed by atoms with E-state index in [2.05, 4.69) is 28.3 Å². The third kappa shape index (κ3) is 4.69. The second-order valence-electron chi connectivity index (χ2n) is 4.82. The Morgan fingerprint density at radius 1 is 1.29 bits per heavy atom. The summed E-state index contributed by atoms with van der Waals surface area (Å²) in [6.45, 7) is 3.09. The van der Waals surface area contributed by atoms with Crippen LogP contribution in [0.25, 0.3) is 0 Å². The summed E-state index contributed by atoms with van der Waals surface area (Å²) in [5, 5.41) is 4.29. The van der Waals surface area contributed by atoms with Crippen LogP contribution in [0.2, 0.25) is 5.02 Å². The maximum Gasteiger partial charge on any atom is 0.216 e. The molecule has 21 heavy (non-hydrogen) atoms. The molecule has 0 saturated carbocycles. The number of halogens is 1. The van der Waals surface area contributed by atoms with Crippen LogP contribution in [-0.2, 0) is 6.42 Å². The highest BCUT2D eigenvalue weighted by Gasteiger charge is 2.13. The standard InChI is InChI=1S/C16H20ClN3O/c1-3-7-18-15(12-5-4-6-13(17)8-12)9-14-10-16(21-2)20-11-19-14/h4-6,8,10-11,15,18H,3,7,9H2,1-2H3. The van der Waals surface area contributed by atoms with Crippen LogP contribution in [0, 0.1) is 0 Å². The molecule has 0 aliphatic rings. The van der Waals surface area contributed by atoms with E-state index in [-0.39, 0.29) is 6.04 Å². The van der Waals surface area contributed by atoms with Gasteiger partial charge in [-0.15, -0.1) is 0 Å². The normalized spacial score (nSPS) is 12.1. The van der Waals surface area contributed by atoms with Gasteiger partial charge in [0.15, 0.2) is 0 Å². The highest BCUT2D eigenvalue weighted by Crippen LogP contribution is 2.21. The fourth-order valence-corrected chi connectivity index (χ4v) is 2.36. The van der Waals surface area contributed by atoms with E-state index >= 15 is 0 Å². The molecule has 0 saturated heterocycles. The minimum atomic E-state index is 0.170. The molecule has 0 bridgehead atoms. The molecular weight excluding hydrogens is 286 g/mol. The minimum absolute atomic E-state index is 0.170. The molecule has 0 aliphatic carbocycles. The van der Waals surface area contributed by atoms with Crippen LogP contribution in [0.1, 0.15) is 30.6 Å². The van der Waals surface area contributed by atoms with Crippen molar-refractivity contribution in [1.82, 2.24) is 15.3 Å². The van der Waals surface area contributed by atoms with Gasteiger partial charge in [-0.3, -0.25) is 0 Å². The fraction of sp³-hybridized carbons (Fsp3) is 0.375. The van der Waals surface area contributed by atoms with Crippen LogP contribution in [0.3, 0.4) is 0 Å². The number of ether oxygens (including phenoxy) is 1. The van der Waals surface area contributed by atoms with Gasteiger partial charge in [-0.1, -0.05) is 30.7 Å². The van der Waals surface area contributed by atoms with E-state index in [0.29, 0.717) is 5.88 Å². The first-order valence-electron chi connectivity index (χ1n) is 7.06. The smallest absolute Gasteiger partial charge is 0.216 e. The van der Waals surface area contributed by atoms with Crippen LogP contribution in [0.4, 0.5) is 0 Å². The Hall–Kier alpha value is -1.65. The summed E-state index contributed by atoms with van der Waals surface area (Å²) in [5.74, 6) is 0.584. The van der Waals surface area contributed by atoms with Crippen molar-refractivity contribution in [2.75, 3.05) is 13.7 Å². The molecule has 1 N–H and O–H groups in total. The van der Waals surface area contributed by atoms with Crippen LogP contribution in [0.5, 0.6) is 5.88 Å². The van der Waals surface area contributed by atoms with Crippen LogP contribution in [-0.4, -0.2) is 23.6 Å². The molecule has 1 heterocycles. The Balaban J connectivity index is 2.19. The summed E-state index contributed by atoms with van der Waals surface area (Å²) >= 11 is 6.10. The second-order valence-corrected chi connectivity index (χ2v) is 5.25. The van der Waals surface area contributed by atoms with E-state index in [4.69, 9.17) is 16.3 Å². The highest BCUT2D eigenvalue weighted by molar-refractivity contribution is 6.30. The molecule has 0 fully saturated rings. The Morgan fingerprint density at radius 3 is 2.86 bits per heavy atom. The van der Waals surface area contributed by atoms with Gasteiger partial charge in [0.25, 0.3) is 0 Å². The van der Waals surface area contributed by atoms with Crippen molar-refractivity contribution < 1.29 is 4.74 Å². The quantitative estimate of drug-likeness (QED) is 0.851. The minimum Gasteiger partial charge on any atom is -0.481 e. The van der Waals surface area contributed by atoms with Gasteiger partial charge in [0.1, 0.15) is 6.33 Å². The number of aromatic nitrogens is 2. The molecule has 112 valence electrons. The van der Waals surface area contributed by atoms with Crippen molar-refractivity contribution in [2.45, 2.75) is 25.8 Å². The lowest BCUT2D eigenvalue weighted by Crippen LogP contribution is -2.24. The molecule has 1 unspecified atom stereocenters.